The van der Waals surface area contributed by atoms with Crippen LogP contribution in [0.5, 0.6) is 0 Å². The van der Waals surface area contributed by atoms with Gasteiger partial charge in [-0.3, -0.25) is 4.90 Å². The van der Waals surface area contributed by atoms with Crippen LogP contribution >= 0.6 is 11.6 Å². The van der Waals surface area contributed by atoms with Crippen LogP contribution < -0.4 is 0 Å². The third-order valence-electron chi connectivity index (χ3n) is 3.99. The van der Waals surface area contributed by atoms with Crippen LogP contribution in [-0.4, -0.2) is 16.6 Å². The summed E-state index contributed by atoms with van der Waals surface area (Å²) >= 11 is 6.15. The lowest BCUT2D eigenvalue weighted by atomic mass is 9.98. The summed E-state index contributed by atoms with van der Waals surface area (Å²) in [6.07, 6.45) is 3.40. The molecule has 0 spiro atoms. The zero-order valence-corrected chi connectivity index (χ0v) is 12.7. The molecule has 3 nitrogen and oxygen atoms in total. The van der Waals surface area contributed by atoms with E-state index in [4.69, 9.17) is 16.1 Å². The summed E-state index contributed by atoms with van der Waals surface area (Å²) in [5.41, 5.74) is 1.93. The topological polar surface area (TPSA) is 29.3 Å². The Kier molecular flexibility index (Phi) is 4.27. The molecule has 112 valence electrons. The molecular weight excluding hydrogens is 291 g/mol. The Morgan fingerprint density at radius 1 is 1.38 bits per heavy atom. The van der Waals surface area contributed by atoms with Gasteiger partial charge in [0, 0.05) is 17.6 Å². The molecule has 0 aliphatic carbocycles. The number of piperidine rings is 1. The van der Waals surface area contributed by atoms with E-state index in [0.29, 0.717) is 11.6 Å². The number of aromatic nitrogens is 1. The Bertz CT molecular complexity index is 628. The number of hydrogen-bond donors (Lipinski definition) is 0. The minimum absolute atomic E-state index is 0.248. The van der Waals surface area contributed by atoms with Gasteiger partial charge >= 0.3 is 0 Å². The first-order valence-corrected chi connectivity index (χ1v) is 7.62. The van der Waals surface area contributed by atoms with E-state index in [1.54, 1.807) is 6.07 Å². The summed E-state index contributed by atoms with van der Waals surface area (Å²) in [6.45, 7) is 3.60. The average molecular weight is 309 g/mol. The summed E-state index contributed by atoms with van der Waals surface area (Å²) in [5.74, 6) is 0.529. The first-order valence-electron chi connectivity index (χ1n) is 7.24. The van der Waals surface area contributed by atoms with Gasteiger partial charge in [-0.25, -0.2) is 4.39 Å². The van der Waals surface area contributed by atoms with E-state index in [0.717, 1.165) is 36.4 Å². The molecule has 0 radical (unpaired) electrons. The summed E-state index contributed by atoms with van der Waals surface area (Å²) in [6, 6.07) is 6.83. The van der Waals surface area contributed by atoms with Crippen molar-refractivity contribution in [2.45, 2.75) is 38.8 Å². The minimum atomic E-state index is -0.300. The van der Waals surface area contributed by atoms with Gasteiger partial charge in [0.15, 0.2) is 0 Å². The maximum absolute atomic E-state index is 13.2. The second-order valence-electron chi connectivity index (χ2n) is 5.58. The van der Waals surface area contributed by atoms with Crippen molar-refractivity contribution in [2.24, 2.45) is 0 Å². The van der Waals surface area contributed by atoms with Gasteiger partial charge in [0.05, 0.1) is 6.04 Å². The Balaban J connectivity index is 1.81. The Morgan fingerprint density at radius 3 is 2.95 bits per heavy atom. The number of likely N-dealkylation sites (tertiary alicyclic amines) is 1. The lowest BCUT2D eigenvalue weighted by Gasteiger charge is -2.34. The molecule has 1 aromatic carbocycles. The molecule has 1 fully saturated rings. The summed E-state index contributed by atoms with van der Waals surface area (Å²) < 4.78 is 18.4. The normalized spacial score (nSPS) is 19.9. The van der Waals surface area contributed by atoms with E-state index in [2.05, 4.69) is 10.1 Å². The number of rotatable bonds is 3. The molecule has 1 aliphatic heterocycles. The number of aryl methyl sites for hydroxylation is 1. The first kappa shape index (κ1) is 14.5. The molecule has 3 rings (SSSR count). The highest BCUT2D eigenvalue weighted by Gasteiger charge is 2.27. The Morgan fingerprint density at radius 2 is 2.24 bits per heavy atom. The third-order valence-corrected chi connectivity index (χ3v) is 4.34. The molecule has 0 amide bonds. The van der Waals surface area contributed by atoms with Crippen LogP contribution in [0.2, 0.25) is 5.02 Å². The molecule has 0 unspecified atom stereocenters. The molecule has 2 aromatic rings. The van der Waals surface area contributed by atoms with Crippen LogP contribution in [0.15, 0.2) is 28.8 Å². The second kappa shape index (κ2) is 6.16. The van der Waals surface area contributed by atoms with E-state index in [1.807, 2.05) is 13.0 Å². The number of benzene rings is 1. The molecule has 2 heterocycles. The highest BCUT2D eigenvalue weighted by atomic mass is 35.5. The van der Waals surface area contributed by atoms with Gasteiger partial charge in [-0.2, -0.15) is 0 Å². The van der Waals surface area contributed by atoms with Crippen molar-refractivity contribution >= 4 is 11.6 Å². The van der Waals surface area contributed by atoms with Gasteiger partial charge in [0.2, 0.25) is 0 Å². The smallest absolute Gasteiger partial charge is 0.133 e. The molecular formula is C16H18ClFN2O. The molecule has 5 heteroatoms. The van der Waals surface area contributed by atoms with E-state index < -0.39 is 0 Å². The predicted molar refractivity (Wildman–Crippen MR) is 79.7 cm³/mol. The average Bonchev–Trinajstić information content (AvgIpc) is 2.89. The van der Waals surface area contributed by atoms with Gasteiger partial charge in [0.1, 0.15) is 17.3 Å². The van der Waals surface area contributed by atoms with Crippen LogP contribution in [0.25, 0.3) is 0 Å². The van der Waals surface area contributed by atoms with Crippen LogP contribution in [0.1, 0.15) is 42.3 Å². The zero-order chi connectivity index (χ0) is 14.8. The van der Waals surface area contributed by atoms with Gasteiger partial charge in [-0.15, -0.1) is 0 Å². The molecule has 0 bridgehead atoms. The quantitative estimate of drug-likeness (QED) is 0.836. The maximum Gasteiger partial charge on any atom is 0.133 e. The Labute approximate surface area is 128 Å². The van der Waals surface area contributed by atoms with Gasteiger partial charge < -0.3 is 4.52 Å². The SMILES string of the molecule is Cc1cc([C@@H]2CCCCN2Cc2ccc(F)cc2Cl)no1. The van der Waals surface area contributed by atoms with Crippen molar-refractivity contribution in [3.05, 3.63) is 52.1 Å². The van der Waals surface area contributed by atoms with Crippen molar-refractivity contribution in [3.63, 3.8) is 0 Å². The largest absolute Gasteiger partial charge is 0.361 e. The van der Waals surface area contributed by atoms with Crippen molar-refractivity contribution in [2.75, 3.05) is 6.54 Å². The highest BCUT2D eigenvalue weighted by Crippen LogP contribution is 2.32. The fourth-order valence-electron chi connectivity index (χ4n) is 2.93. The Hall–Kier alpha value is -1.39. The molecule has 0 saturated carbocycles. The summed E-state index contributed by atoms with van der Waals surface area (Å²) in [4.78, 5) is 2.35. The van der Waals surface area contributed by atoms with Gasteiger partial charge in [-0.1, -0.05) is 29.2 Å². The zero-order valence-electron chi connectivity index (χ0n) is 12.0. The van der Waals surface area contributed by atoms with Crippen LogP contribution in [0.4, 0.5) is 4.39 Å². The molecule has 1 aromatic heterocycles. The molecule has 1 atom stereocenters. The van der Waals surface area contributed by atoms with Crippen molar-refractivity contribution in [3.8, 4) is 0 Å². The minimum Gasteiger partial charge on any atom is -0.361 e. The number of halogens is 2. The first-order chi connectivity index (χ1) is 10.1. The standard InChI is InChI=1S/C16H18ClFN2O/c1-11-8-15(19-21-11)16-4-2-3-7-20(16)10-12-5-6-13(18)9-14(12)17/h5-6,8-9,16H,2-4,7,10H2,1H3/t16-/m0/s1. The number of nitrogens with zero attached hydrogens (tertiary/aromatic N) is 2. The van der Waals surface area contributed by atoms with E-state index in [1.165, 1.54) is 18.6 Å². The van der Waals surface area contributed by atoms with Crippen molar-refractivity contribution < 1.29 is 8.91 Å². The molecule has 21 heavy (non-hydrogen) atoms. The molecule has 1 saturated heterocycles. The van der Waals surface area contributed by atoms with Crippen LogP contribution in [0.3, 0.4) is 0 Å². The van der Waals surface area contributed by atoms with E-state index in [9.17, 15) is 4.39 Å². The van der Waals surface area contributed by atoms with E-state index >= 15 is 0 Å². The molecule has 0 N–H and O–H groups in total. The maximum atomic E-state index is 13.2. The third kappa shape index (κ3) is 3.27. The number of hydrogen-bond acceptors (Lipinski definition) is 3. The highest BCUT2D eigenvalue weighted by molar-refractivity contribution is 6.31. The van der Waals surface area contributed by atoms with Crippen LogP contribution in [-0.2, 0) is 6.54 Å². The lowest BCUT2D eigenvalue weighted by Crippen LogP contribution is -2.33. The van der Waals surface area contributed by atoms with Crippen molar-refractivity contribution in [1.29, 1.82) is 0 Å². The monoisotopic (exact) mass is 308 g/mol. The second-order valence-corrected chi connectivity index (χ2v) is 5.99. The fourth-order valence-corrected chi connectivity index (χ4v) is 3.15. The van der Waals surface area contributed by atoms with Gasteiger partial charge in [-0.05, 0) is 44.0 Å². The summed E-state index contributed by atoms with van der Waals surface area (Å²) in [5, 5.41) is 4.64. The summed E-state index contributed by atoms with van der Waals surface area (Å²) in [7, 11) is 0. The van der Waals surface area contributed by atoms with Crippen molar-refractivity contribution in [1.82, 2.24) is 10.1 Å². The van der Waals surface area contributed by atoms with Crippen LogP contribution in [0, 0.1) is 12.7 Å². The lowest BCUT2D eigenvalue weighted by molar-refractivity contribution is 0.134. The predicted octanol–water partition coefficient (Wildman–Crippen LogP) is 4.50. The molecule has 1 aliphatic rings. The van der Waals surface area contributed by atoms with E-state index in [-0.39, 0.29) is 11.9 Å². The van der Waals surface area contributed by atoms with Gasteiger partial charge in [0.25, 0.3) is 0 Å². The fraction of sp³-hybridized carbons (Fsp3) is 0.438.